The Morgan fingerprint density at radius 1 is 1.32 bits per heavy atom. The van der Waals surface area contributed by atoms with Crippen LogP contribution in [0.5, 0.6) is 0 Å². The summed E-state index contributed by atoms with van der Waals surface area (Å²) in [4.78, 5) is 11.8. The van der Waals surface area contributed by atoms with E-state index in [4.69, 9.17) is 0 Å². The predicted molar refractivity (Wildman–Crippen MR) is 81.2 cm³/mol. The van der Waals surface area contributed by atoms with Crippen LogP contribution in [0.4, 0.5) is 0 Å². The third-order valence-corrected chi connectivity index (χ3v) is 3.37. The first-order valence-corrected chi connectivity index (χ1v) is 7.46. The summed E-state index contributed by atoms with van der Waals surface area (Å²) >= 11 is 0. The molecule has 1 aromatic rings. The zero-order valence-electron chi connectivity index (χ0n) is 12.5. The standard InChI is InChI=1S/C17H27NO/c1-4-5-6-9-15(3)18-17(19)12-11-16-10-7-8-14(2)13-16/h7-8,10,13,15H,4-6,9,11-12H2,1-3H3,(H,18,19). The average Bonchev–Trinajstić information content (AvgIpc) is 2.37. The van der Waals surface area contributed by atoms with Crippen molar-refractivity contribution in [2.45, 2.75) is 65.3 Å². The zero-order chi connectivity index (χ0) is 14.1. The van der Waals surface area contributed by atoms with E-state index in [1.165, 1.54) is 30.4 Å². The van der Waals surface area contributed by atoms with Gasteiger partial charge >= 0.3 is 0 Å². The molecule has 19 heavy (non-hydrogen) atoms. The van der Waals surface area contributed by atoms with E-state index in [9.17, 15) is 4.79 Å². The molecule has 106 valence electrons. The maximum absolute atomic E-state index is 11.8. The molecule has 1 rings (SSSR count). The highest BCUT2D eigenvalue weighted by Gasteiger charge is 2.07. The molecule has 0 spiro atoms. The van der Waals surface area contributed by atoms with Gasteiger partial charge in [-0.3, -0.25) is 4.79 Å². The molecule has 0 radical (unpaired) electrons. The number of benzene rings is 1. The second-order valence-electron chi connectivity index (χ2n) is 5.45. The van der Waals surface area contributed by atoms with Gasteiger partial charge in [-0.2, -0.15) is 0 Å². The van der Waals surface area contributed by atoms with Gasteiger partial charge in [0, 0.05) is 12.5 Å². The minimum absolute atomic E-state index is 0.172. The summed E-state index contributed by atoms with van der Waals surface area (Å²) in [5.74, 6) is 0.172. The Hall–Kier alpha value is -1.31. The molecule has 0 aliphatic carbocycles. The molecule has 1 atom stereocenters. The summed E-state index contributed by atoms with van der Waals surface area (Å²) in [6.45, 7) is 6.38. The van der Waals surface area contributed by atoms with Gasteiger partial charge in [-0.25, -0.2) is 0 Å². The first kappa shape index (κ1) is 15.7. The van der Waals surface area contributed by atoms with Crippen molar-refractivity contribution in [1.29, 1.82) is 0 Å². The van der Waals surface area contributed by atoms with Crippen molar-refractivity contribution in [3.05, 3.63) is 35.4 Å². The Morgan fingerprint density at radius 2 is 2.11 bits per heavy atom. The number of hydrogen-bond donors (Lipinski definition) is 1. The van der Waals surface area contributed by atoms with E-state index in [2.05, 4.69) is 50.4 Å². The Balaban J connectivity index is 2.24. The fourth-order valence-electron chi connectivity index (χ4n) is 2.25. The first-order chi connectivity index (χ1) is 9.11. The smallest absolute Gasteiger partial charge is 0.220 e. The number of unbranched alkanes of at least 4 members (excludes halogenated alkanes) is 2. The lowest BCUT2D eigenvalue weighted by atomic mass is 10.1. The molecule has 2 heteroatoms. The highest BCUT2D eigenvalue weighted by atomic mass is 16.1. The van der Waals surface area contributed by atoms with Gasteiger partial charge in [-0.1, -0.05) is 56.0 Å². The number of amides is 1. The van der Waals surface area contributed by atoms with E-state index < -0.39 is 0 Å². The van der Waals surface area contributed by atoms with Gasteiger partial charge in [0.25, 0.3) is 0 Å². The van der Waals surface area contributed by atoms with Crippen LogP contribution in [0, 0.1) is 6.92 Å². The molecular formula is C17H27NO. The summed E-state index contributed by atoms with van der Waals surface area (Å²) in [6.07, 6.45) is 6.19. The Kier molecular flexibility index (Phi) is 7.24. The van der Waals surface area contributed by atoms with Crippen LogP contribution in [-0.2, 0) is 11.2 Å². The van der Waals surface area contributed by atoms with Gasteiger partial charge < -0.3 is 5.32 Å². The van der Waals surface area contributed by atoms with E-state index in [1.54, 1.807) is 0 Å². The van der Waals surface area contributed by atoms with Gasteiger partial charge in [-0.15, -0.1) is 0 Å². The normalized spacial score (nSPS) is 12.2. The molecule has 0 heterocycles. The number of nitrogens with one attached hydrogen (secondary N) is 1. The summed E-state index contributed by atoms with van der Waals surface area (Å²) in [6, 6.07) is 8.68. The fourth-order valence-corrected chi connectivity index (χ4v) is 2.25. The second-order valence-corrected chi connectivity index (χ2v) is 5.45. The van der Waals surface area contributed by atoms with Crippen molar-refractivity contribution in [1.82, 2.24) is 5.32 Å². The SMILES string of the molecule is CCCCCC(C)NC(=O)CCc1cccc(C)c1. The van der Waals surface area contributed by atoms with E-state index >= 15 is 0 Å². The minimum atomic E-state index is 0.172. The Labute approximate surface area is 117 Å². The Morgan fingerprint density at radius 3 is 2.79 bits per heavy atom. The molecule has 0 aromatic heterocycles. The van der Waals surface area contributed by atoms with Crippen molar-refractivity contribution in [2.75, 3.05) is 0 Å². The Bertz CT molecular complexity index is 387. The lowest BCUT2D eigenvalue weighted by Gasteiger charge is -2.13. The van der Waals surface area contributed by atoms with Crippen LogP contribution in [0.2, 0.25) is 0 Å². The molecule has 1 N–H and O–H groups in total. The lowest BCUT2D eigenvalue weighted by molar-refractivity contribution is -0.121. The van der Waals surface area contributed by atoms with Crippen LogP contribution in [-0.4, -0.2) is 11.9 Å². The van der Waals surface area contributed by atoms with Crippen molar-refractivity contribution < 1.29 is 4.79 Å². The van der Waals surface area contributed by atoms with Gasteiger partial charge in [0.2, 0.25) is 5.91 Å². The number of carbonyl (C=O) groups is 1. The minimum Gasteiger partial charge on any atom is -0.354 e. The third-order valence-electron chi connectivity index (χ3n) is 3.37. The van der Waals surface area contributed by atoms with Gasteiger partial charge in [0.1, 0.15) is 0 Å². The van der Waals surface area contributed by atoms with Gasteiger partial charge in [0.15, 0.2) is 0 Å². The lowest BCUT2D eigenvalue weighted by Crippen LogP contribution is -2.32. The number of rotatable bonds is 8. The molecule has 0 aliphatic heterocycles. The zero-order valence-corrected chi connectivity index (χ0v) is 12.5. The maximum Gasteiger partial charge on any atom is 0.220 e. The molecule has 0 fully saturated rings. The van der Waals surface area contributed by atoms with E-state index in [-0.39, 0.29) is 5.91 Å². The second kappa shape index (κ2) is 8.73. The highest BCUT2D eigenvalue weighted by Crippen LogP contribution is 2.07. The quantitative estimate of drug-likeness (QED) is 0.704. The van der Waals surface area contributed by atoms with Crippen molar-refractivity contribution in [3.8, 4) is 0 Å². The molecule has 0 saturated carbocycles. The molecule has 1 amide bonds. The molecule has 0 aliphatic rings. The topological polar surface area (TPSA) is 29.1 Å². The highest BCUT2D eigenvalue weighted by molar-refractivity contribution is 5.76. The third kappa shape index (κ3) is 7.00. The van der Waals surface area contributed by atoms with E-state index in [0.717, 1.165) is 12.8 Å². The monoisotopic (exact) mass is 261 g/mol. The molecule has 0 bridgehead atoms. The van der Waals surface area contributed by atoms with Crippen molar-refractivity contribution in [3.63, 3.8) is 0 Å². The van der Waals surface area contributed by atoms with E-state index in [0.29, 0.717) is 12.5 Å². The van der Waals surface area contributed by atoms with Gasteiger partial charge in [0.05, 0.1) is 0 Å². The predicted octanol–water partition coefficient (Wildman–Crippen LogP) is 4.01. The van der Waals surface area contributed by atoms with Crippen molar-refractivity contribution in [2.24, 2.45) is 0 Å². The van der Waals surface area contributed by atoms with Crippen LogP contribution in [0.15, 0.2) is 24.3 Å². The van der Waals surface area contributed by atoms with Gasteiger partial charge in [-0.05, 0) is 32.3 Å². The van der Waals surface area contributed by atoms with Crippen LogP contribution in [0.3, 0.4) is 0 Å². The van der Waals surface area contributed by atoms with Crippen molar-refractivity contribution >= 4 is 5.91 Å². The number of hydrogen-bond acceptors (Lipinski definition) is 1. The van der Waals surface area contributed by atoms with E-state index in [1.807, 2.05) is 0 Å². The summed E-state index contributed by atoms with van der Waals surface area (Å²) < 4.78 is 0. The first-order valence-electron chi connectivity index (χ1n) is 7.46. The van der Waals surface area contributed by atoms with Crippen LogP contribution in [0.1, 0.15) is 57.1 Å². The number of aryl methyl sites for hydroxylation is 2. The molecular weight excluding hydrogens is 234 g/mol. The molecule has 0 saturated heterocycles. The maximum atomic E-state index is 11.8. The number of carbonyl (C=O) groups excluding carboxylic acids is 1. The molecule has 2 nitrogen and oxygen atoms in total. The van der Waals surface area contributed by atoms with Crippen LogP contribution in [0.25, 0.3) is 0 Å². The molecule has 1 unspecified atom stereocenters. The fraction of sp³-hybridized carbons (Fsp3) is 0.588. The molecule has 1 aromatic carbocycles. The summed E-state index contributed by atoms with van der Waals surface area (Å²) in [5, 5.41) is 3.08. The largest absolute Gasteiger partial charge is 0.354 e. The average molecular weight is 261 g/mol. The van der Waals surface area contributed by atoms with Crippen LogP contribution < -0.4 is 5.32 Å². The summed E-state index contributed by atoms with van der Waals surface area (Å²) in [7, 11) is 0. The van der Waals surface area contributed by atoms with Crippen LogP contribution >= 0.6 is 0 Å². The summed E-state index contributed by atoms with van der Waals surface area (Å²) in [5.41, 5.74) is 2.50.